The maximum Gasteiger partial charge on any atom is 0.254 e. The largest absolute Gasteiger partial charge is 0.488 e. The maximum atomic E-state index is 12.1. The predicted octanol–water partition coefficient (Wildman–Crippen LogP) is 3.01. The van der Waals surface area contributed by atoms with Crippen LogP contribution in [0.25, 0.3) is 23.0 Å². The first-order valence-corrected chi connectivity index (χ1v) is 11.6. The van der Waals surface area contributed by atoms with Crippen molar-refractivity contribution in [2.45, 2.75) is 38.1 Å². The number of hydrogen-bond donors (Lipinski definition) is 2. The quantitative estimate of drug-likeness (QED) is 0.418. The van der Waals surface area contributed by atoms with Crippen LogP contribution in [0.15, 0.2) is 47.1 Å². The van der Waals surface area contributed by atoms with Gasteiger partial charge in [-0.3, -0.25) is 19.9 Å². The van der Waals surface area contributed by atoms with Crippen molar-refractivity contribution < 1.29 is 14.3 Å². The average molecular weight is 457 g/mol. The summed E-state index contributed by atoms with van der Waals surface area (Å²) in [5.41, 5.74) is 4.51. The first-order valence-electron chi connectivity index (χ1n) is 11.6. The van der Waals surface area contributed by atoms with Gasteiger partial charge < -0.3 is 10.1 Å². The second-order valence-electron chi connectivity index (χ2n) is 8.87. The summed E-state index contributed by atoms with van der Waals surface area (Å²) in [7, 11) is 0. The topological polar surface area (TPSA) is 110 Å². The van der Waals surface area contributed by atoms with E-state index in [9.17, 15) is 9.59 Å². The third kappa shape index (κ3) is 4.16. The van der Waals surface area contributed by atoms with Crippen molar-refractivity contribution in [1.29, 1.82) is 0 Å². The van der Waals surface area contributed by atoms with Gasteiger partial charge in [-0.05, 0) is 43.9 Å². The normalized spacial score (nSPS) is 19.1. The van der Waals surface area contributed by atoms with Gasteiger partial charge in [0.15, 0.2) is 5.65 Å². The molecule has 1 saturated heterocycles. The Hall–Kier alpha value is -4.01. The van der Waals surface area contributed by atoms with Crippen molar-refractivity contribution in [3.05, 3.63) is 47.7 Å². The zero-order valence-electron chi connectivity index (χ0n) is 18.6. The summed E-state index contributed by atoms with van der Waals surface area (Å²) >= 11 is 0. The average Bonchev–Trinajstić information content (AvgIpc) is 3.19. The Bertz CT molecular complexity index is 1370. The van der Waals surface area contributed by atoms with E-state index in [4.69, 9.17) is 9.72 Å². The highest BCUT2D eigenvalue weighted by Gasteiger charge is 2.26. The van der Waals surface area contributed by atoms with E-state index in [0.29, 0.717) is 29.4 Å². The summed E-state index contributed by atoms with van der Waals surface area (Å²) in [6.45, 7) is 1.39. The Morgan fingerprint density at radius 1 is 1.24 bits per heavy atom. The molecule has 0 atom stereocenters. The number of amides is 2. The van der Waals surface area contributed by atoms with Crippen LogP contribution in [-0.2, 0) is 9.59 Å². The van der Waals surface area contributed by atoms with E-state index in [0.717, 1.165) is 60.8 Å². The number of aliphatic imine (C=N–C) groups is 1. The van der Waals surface area contributed by atoms with Gasteiger partial charge >= 0.3 is 0 Å². The molecule has 0 unspecified atom stereocenters. The van der Waals surface area contributed by atoms with Crippen LogP contribution in [0.3, 0.4) is 0 Å². The molecule has 0 bridgehead atoms. The fraction of sp³-hybridized carbons (Fsp3) is 0.320. The molecule has 6 rings (SSSR count). The third-order valence-electron chi connectivity index (χ3n) is 6.15. The van der Waals surface area contributed by atoms with Crippen LogP contribution in [0.2, 0.25) is 0 Å². The molecule has 2 amide bonds. The summed E-state index contributed by atoms with van der Waals surface area (Å²) in [6, 6.07) is 10.3. The third-order valence-corrected chi connectivity index (χ3v) is 6.15. The Morgan fingerprint density at radius 2 is 2.15 bits per heavy atom. The van der Waals surface area contributed by atoms with E-state index in [2.05, 4.69) is 20.7 Å². The number of nitrogens with one attached hydrogen (secondary N) is 2. The van der Waals surface area contributed by atoms with E-state index in [1.54, 1.807) is 16.8 Å². The minimum Gasteiger partial charge on any atom is -0.488 e. The molecule has 2 aromatic heterocycles. The molecule has 172 valence electrons. The lowest BCUT2D eigenvalue weighted by atomic mass is 10.1. The molecule has 1 aromatic carbocycles. The van der Waals surface area contributed by atoms with E-state index in [-0.39, 0.29) is 18.2 Å². The lowest BCUT2D eigenvalue weighted by Crippen LogP contribution is -2.19. The molecule has 3 aromatic rings. The van der Waals surface area contributed by atoms with E-state index in [1.807, 2.05) is 30.3 Å². The van der Waals surface area contributed by atoms with Gasteiger partial charge in [0.05, 0.1) is 18.3 Å². The molecule has 3 aliphatic rings. The Morgan fingerprint density at radius 3 is 2.91 bits per heavy atom. The highest BCUT2D eigenvalue weighted by molar-refractivity contribution is 6.15. The number of fused-ring (bicyclic) bond motifs is 1. The van der Waals surface area contributed by atoms with E-state index in [1.165, 1.54) is 0 Å². The number of hydrogen-bond acceptors (Lipinski definition) is 7. The van der Waals surface area contributed by atoms with Crippen molar-refractivity contribution in [3.63, 3.8) is 0 Å². The molecule has 4 heterocycles. The van der Waals surface area contributed by atoms with Crippen LogP contribution in [0.5, 0.6) is 5.75 Å². The molecular formula is C25H24N6O3. The Kier molecular flexibility index (Phi) is 5.09. The van der Waals surface area contributed by atoms with Gasteiger partial charge in [-0.15, -0.1) is 0 Å². The number of benzene rings is 1. The number of ether oxygens (including phenoxy) is 1. The SMILES string of the molecule is O=C1C/C(=C\c2cnn3c(NC4CC4)cc(-c4cccc(OCC5=NCCC5)c4)nc23)C(=O)N1. The minimum absolute atomic E-state index is 0.0632. The highest BCUT2D eigenvalue weighted by atomic mass is 16.5. The molecule has 0 spiro atoms. The number of rotatable bonds is 7. The highest BCUT2D eigenvalue weighted by Crippen LogP contribution is 2.31. The minimum atomic E-state index is -0.367. The maximum absolute atomic E-state index is 12.1. The molecule has 2 fully saturated rings. The Balaban J connectivity index is 1.37. The van der Waals surface area contributed by atoms with Crippen LogP contribution < -0.4 is 15.4 Å². The van der Waals surface area contributed by atoms with E-state index >= 15 is 0 Å². The van der Waals surface area contributed by atoms with Gasteiger partial charge in [0.2, 0.25) is 5.91 Å². The zero-order chi connectivity index (χ0) is 23.1. The zero-order valence-corrected chi connectivity index (χ0v) is 18.6. The first-order chi connectivity index (χ1) is 16.6. The summed E-state index contributed by atoms with van der Waals surface area (Å²) in [5, 5.41) is 10.4. The molecular weight excluding hydrogens is 432 g/mol. The number of carbonyl (C=O) groups is 2. The monoisotopic (exact) mass is 456 g/mol. The van der Waals surface area contributed by atoms with Crippen LogP contribution in [0.4, 0.5) is 5.82 Å². The molecule has 2 aliphatic heterocycles. The van der Waals surface area contributed by atoms with Crippen LogP contribution in [-0.4, -0.2) is 51.3 Å². The fourth-order valence-electron chi connectivity index (χ4n) is 4.21. The van der Waals surface area contributed by atoms with Crippen molar-refractivity contribution >= 4 is 35.1 Å². The molecule has 0 radical (unpaired) electrons. The summed E-state index contributed by atoms with van der Waals surface area (Å²) in [4.78, 5) is 33.0. The molecule has 1 saturated carbocycles. The molecule has 2 N–H and O–H groups in total. The van der Waals surface area contributed by atoms with Gasteiger partial charge in [-0.25, -0.2) is 4.98 Å². The lowest BCUT2D eigenvalue weighted by Gasteiger charge is -2.12. The van der Waals surface area contributed by atoms with Gasteiger partial charge in [0, 0.05) is 41.1 Å². The van der Waals surface area contributed by atoms with Crippen LogP contribution in [0.1, 0.15) is 37.7 Å². The van der Waals surface area contributed by atoms with Gasteiger partial charge in [-0.2, -0.15) is 9.61 Å². The van der Waals surface area contributed by atoms with Crippen LogP contribution >= 0.6 is 0 Å². The second kappa shape index (κ2) is 8.40. The van der Waals surface area contributed by atoms with E-state index < -0.39 is 0 Å². The second-order valence-corrected chi connectivity index (χ2v) is 8.87. The number of carbonyl (C=O) groups excluding carboxylic acids is 2. The number of anilines is 1. The molecule has 9 heteroatoms. The predicted molar refractivity (Wildman–Crippen MR) is 128 cm³/mol. The Labute approximate surface area is 195 Å². The fourth-order valence-corrected chi connectivity index (χ4v) is 4.21. The number of aromatic nitrogens is 3. The van der Waals surface area contributed by atoms with Crippen molar-refractivity contribution in [3.8, 4) is 17.0 Å². The van der Waals surface area contributed by atoms with Gasteiger partial charge in [0.25, 0.3) is 5.91 Å². The number of imide groups is 1. The standard InChI is InChI=1S/C25H24N6O3/c32-23-11-16(25(33)30-23)9-17-13-27-31-22(28-18-6-7-18)12-21(29-24(17)31)15-3-1-5-20(10-15)34-14-19-4-2-8-26-19/h1,3,5,9-10,12-13,18,28H,2,4,6-8,11,14H2,(H,30,32,33)/b16-9+. The van der Waals surface area contributed by atoms with Crippen molar-refractivity contribution in [1.82, 2.24) is 19.9 Å². The first kappa shape index (κ1) is 20.6. The summed E-state index contributed by atoms with van der Waals surface area (Å²) < 4.78 is 7.74. The van der Waals surface area contributed by atoms with Gasteiger partial charge in [0.1, 0.15) is 18.2 Å². The smallest absolute Gasteiger partial charge is 0.254 e. The number of nitrogens with zero attached hydrogens (tertiary/aromatic N) is 4. The summed E-state index contributed by atoms with van der Waals surface area (Å²) in [6.07, 6.45) is 7.76. The molecule has 1 aliphatic carbocycles. The van der Waals surface area contributed by atoms with Crippen LogP contribution in [0, 0.1) is 0 Å². The van der Waals surface area contributed by atoms with Crippen molar-refractivity contribution in [2.75, 3.05) is 18.5 Å². The van der Waals surface area contributed by atoms with Gasteiger partial charge in [-0.1, -0.05) is 12.1 Å². The molecule has 9 nitrogen and oxygen atoms in total. The lowest BCUT2D eigenvalue weighted by molar-refractivity contribution is -0.124. The van der Waals surface area contributed by atoms with Crippen molar-refractivity contribution in [2.24, 2.45) is 4.99 Å². The molecule has 34 heavy (non-hydrogen) atoms. The summed E-state index contributed by atoms with van der Waals surface area (Å²) in [5.74, 6) is 0.944.